The summed E-state index contributed by atoms with van der Waals surface area (Å²) in [6.07, 6.45) is 6.86. The van der Waals surface area contributed by atoms with Crippen molar-refractivity contribution in [1.29, 1.82) is 0 Å². The first kappa shape index (κ1) is 21.5. The molecule has 7 heteroatoms. The number of imidazole rings is 1. The summed E-state index contributed by atoms with van der Waals surface area (Å²) in [7, 11) is 0. The number of nitrogens with zero attached hydrogens (tertiary/aromatic N) is 2. The summed E-state index contributed by atoms with van der Waals surface area (Å²) in [6, 6.07) is 17.1. The number of carbonyl (C=O) groups is 1. The Balaban J connectivity index is 1.70. The molecule has 1 fully saturated rings. The number of hydrogen-bond donors (Lipinski definition) is 1. The second-order valence-corrected chi connectivity index (χ2v) is 8.68. The van der Waals surface area contributed by atoms with Crippen molar-refractivity contribution >= 4 is 23.3 Å². The lowest BCUT2D eigenvalue weighted by Gasteiger charge is -2.27. The average Bonchev–Trinajstić information content (AvgIpc) is 3.50. The van der Waals surface area contributed by atoms with Gasteiger partial charge in [-0.2, -0.15) is 0 Å². The smallest absolute Gasteiger partial charge is 0.292 e. The summed E-state index contributed by atoms with van der Waals surface area (Å²) in [6.45, 7) is 0. The fourth-order valence-electron chi connectivity index (χ4n) is 4.44. The lowest BCUT2D eigenvalue weighted by atomic mass is 9.95. The molecule has 0 spiro atoms. The Morgan fingerprint density at radius 3 is 2.36 bits per heavy atom. The molecular formula is C26H23ClFN3O2. The molecule has 168 valence electrons. The number of halogens is 2. The van der Waals surface area contributed by atoms with Crippen molar-refractivity contribution in [3.05, 3.63) is 83.5 Å². The minimum atomic E-state index is -0.358. The second-order valence-electron chi connectivity index (χ2n) is 8.24. The first-order valence-corrected chi connectivity index (χ1v) is 11.5. The molecule has 2 aromatic carbocycles. The van der Waals surface area contributed by atoms with Crippen molar-refractivity contribution in [3.63, 3.8) is 0 Å². The highest BCUT2D eigenvalue weighted by atomic mass is 35.5. The number of nitrogens with one attached hydrogen (secondary N) is 1. The van der Waals surface area contributed by atoms with E-state index in [-0.39, 0.29) is 23.5 Å². The molecule has 0 unspecified atom stereocenters. The van der Waals surface area contributed by atoms with E-state index in [0.29, 0.717) is 16.5 Å². The van der Waals surface area contributed by atoms with Crippen molar-refractivity contribution in [2.75, 3.05) is 5.32 Å². The van der Waals surface area contributed by atoms with Crippen LogP contribution in [0.1, 0.15) is 48.7 Å². The molecular weight excluding hydrogens is 441 g/mol. The third kappa shape index (κ3) is 4.44. The van der Waals surface area contributed by atoms with E-state index in [2.05, 4.69) is 9.88 Å². The van der Waals surface area contributed by atoms with E-state index in [1.807, 2.05) is 24.3 Å². The minimum Gasteiger partial charge on any atom is -0.459 e. The molecule has 0 aliphatic heterocycles. The molecule has 0 saturated heterocycles. The van der Waals surface area contributed by atoms with Gasteiger partial charge in [-0.1, -0.05) is 30.9 Å². The zero-order chi connectivity index (χ0) is 22.8. The molecule has 1 aliphatic carbocycles. The summed E-state index contributed by atoms with van der Waals surface area (Å²) in [5, 5.41) is 3.68. The van der Waals surface area contributed by atoms with Crippen molar-refractivity contribution in [2.24, 2.45) is 0 Å². The Morgan fingerprint density at radius 1 is 1.00 bits per heavy atom. The zero-order valence-electron chi connectivity index (χ0n) is 17.9. The topological polar surface area (TPSA) is 60.1 Å². The first-order valence-electron chi connectivity index (χ1n) is 11.1. The maximum absolute atomic E-state index is 13.7. The fourth-order valence-corrected chi connectivity index (χ4v) is 4.56. The number of furan rings is 1. The predicted molar refractivity (Wildman–Crippen MR) is 127 cm³/mol. The largest absolute Gasteiger partial charge is 0.459 e. The summed E-state index contributed by atoms with van der Waals surface area (Å²) >= 11 is 6.13. The van der Waals surface area contributed by atoms with Crippen LogP contribution in [0.5, 0.6) is 0 Å². The van der Waals surface area contributed by atoms with E-state index in [4.69, 9.17) is 21.0 Å². The van der Waals surface area contributed by atoms with Gasteiger partial charge < -0.3 is 14.3 Å². The average molecular weight is 464 g/mol. The van der Waals surface area contributed by atoms with Crippen molar-refractivity contribution in [2.45, 2.75) is 38.1 Å². The van der Waals surface area contributed by atoms with Crippen LogP contribution in [0.4, 0.5) is 10.2 Å². The van der Waals surface area contributed by atoms with Gasteiger partial charge in [0.25, 0.3) is 5.91 Å². The van der Waals surface area contributed by atoms with Crippen LogP contribution in [0.15, 0.2) is 71.3 Å². The van der Waals surface area contributed by atoms with E-state index in [1.54, 1.807) is 24.3 Å². The van der Waals surface area contributed by atoms with Crippen molar-refractivity contribution in [3.8, 4) is 22.6 Å². The maximum Gasteiger partial charge on any atom is 0.292 e. The molecule has 2 aromatic heterocycles. The predicted octanol–water partition coefficient (Wildman–Crippen LogP) is 7.36. The SMILES string of the molecule is O=C(Nc1c(-c2ccc(F)cc2)nc(-c2ccc(Cl)cc2)n1C1CCCCC1)c1ccco1. The van der Waals surface area contributed by atoms with Crippen LogP contribution in [0.2, 0.25) is 5.02 Å². The molecule has 5 nitrogen and oxygen atoms in total. The van der Waals surface area contributed by atoms with Crippen LogP contribution in [-0.2, 0) is 0 Å². The molecule has 1 N–H and O–H groups in total. The maximum atomic E-state index is 13.7. The normalized spacial score (nSPS) is 14.4. The van der Waals surface area contributed by atoms with Gasteiger partial charge in [0.1, 0.15) is 23.2 Å². The number of anilines is 1. The van der Waals surface area contributed by atoms with E-state index in [1.165, 1.54) is 24.8 Å². The lowest BCUT2D eigenvalue weighted by molar-refractivity contribution is 0.0995. The van der Waals surface area contributed by atoms with Gasteiger partial charge in [0.05, 0.1) is 6.26 Å². The number of hydrogen-bond acceptors (Lipinski definition) is 3. The number of benzene rings is 2. The van der Waals surface area contributed by atoms with Gasteiger partial charge in [-0.25, -0.2) is 9.37 Å². The monoisotopic (exact) mass is 463 g/mol. The Morgan fingerprint density at radius 2 is 1.70 bits per heavy atom. The molecule has 1 saturated carbocycles. The number of carbonyl (C=O) groups excluding carboxylic acids is 1. The summed E-state index contributed by atoms with van der Waals surface area (Å²) < 4.78 is 21.1. The summed E-state index contributed by atoms with van der Waals surface area (Å²) in [5.41, 5.74) is 2.20. The van der Waals surface area contributed by atoms with Crippen molar-refractivity contribution < 1.29 is 13.6 Å². The number of amides is 1. The van der Waals surface area contributed by atoms with Gasteiger partial charge >= 0.3 is 0 Å². The van der Waals surface area contributed by atoms with Crippen LogP contribution in [0.3, 0.4) is 0 Å². The molecule has 0 bridgehead atoms. The molecule has 33 heavy (non-hydrogen) atoms. The third-order valence-corrected chi connectivity index (χ3v) is 6.30. The van der Waals surface area contributed by atoms with E-state index >= 15 is 0 Å². The Hall–Kier alpha value is -3.38. The minimum absolute atomic E-state index is 0.179. The number of aromatic nitrogens is 2. The highest BCUT2D eigenvalue weighted by molar-refractivity contribution is 6.30. The van der Waals surface area contributed by atoms with Gasteiger partial charge in [-0.05, 0) is 73.5 Å². The molecule has 1 amide bonds. The molecule has 5 rings (SSSR count). The summed E-state index contributed by atoms with van der Waals surface area (Å²) in [5.74, 6) is 0.851. The molecule has 2 heterocycles. The Labute approximate surface area is 196 Å². The quantitative estimate of drug-likeness (QED) is 0.336. The van der Waals surface area contributed by atoms with Crippen LogP contribution in [0.25, 0.3) is 22.6 Å². The highest BCUT2D eigenvalue weighted by Gasteiger charge is 2.28. The van der Waals surface area contributed by atoms with Gasteiger partial charge in [0.15, 0.2) is 5.76 Å². The Bertz CT molecular complexity index is 1240. The molecule has 4 aromatic rings. The molecule has 0 atom stereocenters. The Kier molecular flexibility index (Phi) is 6.01. The fraction of sp³-hybridized carbons (Fsp3) is 0.231. The lowest BCUT2D eigenvalue weighted by Crippen LogP contribution is -2.20. The van der Waals surface area contributed by atoms with Gasteiger partial charge in [-0.15, -0.1) is 0 Å². The van der Waals surface area contributed by atoms with E-state index in [0.717, 1.165) is 42.6 Å². The first-order chi connectivity index (χ1) is 16.1. The van der Waals surface area contributed by atoms with Crippen LogP contribution in [0, 0.1) is 5.82 Å². The summed E-state index contributed by atoms with van der Waals surface area (Å²) in [4.78, 5) is 18.0. The molecule has 1 aliphatic rings. The standard InChI is InChI=1S/C26H23ClFN3O2/c27-19-12-8-18(9-13-19)24-29-23(17-10-14-20(28)15-11-17)25(30-26(32)22-7-4-16-33-22)31(24)21-5-2-1-3-6-21/h4,7-16,21H,1-3,5-6H2,(H,30,32). The van der Waals surface area contributed by atoms with E-state index < -0.39 is 0 Å². The van der Waals surface area contributed by atoms with Gasteiger partial charge in [0.2, 0.25) is 0 Å². The van der Waals surface area contributed by atoms with E-state index in [9.17, 15) is 9.18 Å². The van der Waals surface area contributed by atoms with Gasteiger partial charge in [-0.3, -0.25) is 4.79 Å². The van der Waals surface area contributed by atoms with Crippen LogP contribution >= 0.6 is 11.6 Å². The molecule has 0 radical (unpaired) electrons. The van der Waals surface area contributed by atoms with Crippen molar-refractivity contribution in [1.82, 2.24) is 9.55 Å². The number of rotatable bonds is 5. The van der Waals surface area contributed by atoms with Gasteiger partial charge in [0, 0.05) is 22.2 Å². The zero-order valence-corrected chi connectivity index (χ0v) is 18.7. The highest BCUT2D eigenvalue weighted by Crippen LogP contribution is 2.40. The second kappa shape index (κ2) is 9.24. The van der Waals surface area contributed by atoms with Crippen LogP contribution in [-0.4, -0.2) is 15.5 Å². The third-order valence-electron chi connectivity index (χ3n) is 6.05. The van der Waals surface area contributed by atoms with Crippen LogP contribution < -0.4 is 5.32 Å².